The van der Waals surface area contributed by atoms with Crippen molar-refractivity contribution in [1.82, 2.24) is 25.5 Å². The average molecular weight is 349 g/mol. The zero-order valence-electron chi connectivity index (χ0n) is 14.2. The zero-order valence-corrected chi connectivity index (χ0v) is 15.0. The molecule has 0 bridgehead atoms. The van der Waals surface area contributed by atoms with E-state index >= 15 is 0 Å². The molecule has 0 aliphatic rings. The van der Waals surface area contributed by atoms with Gasteiger partial charge in [-0.1, -0.05) is 13.3 Å². The lowest BCUT2D eigenvalue weighted by molar-refractivity contribution is -0.120. The number of carbonyl (C=O) groups is 1. The lowest BCUT2D eigenvalue weighted by atomic mass is 10.3. The number of amides is 1. The predicted molar refractivity (Wildman–Crippen MR) is 92.9 cm³/mol. The van der Waals surface area contributed by atoms with Gasteiger partial charge in [0.15, 0.2) is 5.82 Å². The van der Waals surface area contributed by atoms with E-state index in [4.69, 9.17) is 4.74 Å². The van der Waals surface area contributed by atoms with Crippen LogP contribution in [0.1, 0.15) is 32.5 Å². The van der Waals surface area contributed by atoms with E-state index in [-0.39, 0.29) is 11.2 Å². The molecule has 1 atom stereocenters. The second kappa shape index (κ2) is 9.27. The Morgan fingerprint density at radius 1 is 1.38 bits per heavy atom. The quantitative estimate of drug-likeness (QED) is 0.700. The van der Waals surface area contributed by atoms with Crippen molar-refractivity contribution in [2.24, 2.45) is 0 Å². The van der Waals surface area contributed by atoms with Crippen LogP contribution >= 0.6 is 11.8 Å². The van der Waals surface area contributed by atoms with E-state index in [0.29, 0.717) is 12.4 Å². The number of aromatic nitrogens is 4. The van der Waals surface area contributed by atoms with E-state index in [1.807, 2.05) is 31.2 Å². The summed E-state index contributed by atoms with van der Waals surface area (Å²) in [6.07, 6.45) is 2.08. The van der Waals surface area contributed by atoms with Crippen LogP contribution in [0.4, 0.5) is 0 Å². The van der Waals surface area contributed by atoms with Crippen LogP contribution in [-0.4, -0.2) is 38.5 Å². The van der Waals surface area contributed by atoms with Crippen molar-refractivity contribution >= 4 is 17.7 Å². The van der Waals surface area contributed by atoms with E-state index < -0.39 is 0 Å². The van der Waals surface area contributed by atoms with Crippen molar-refractivity contribution < 1.29 is 9.53 Å². The molecule has 24 heavy (non-hydrogen) atoms. The van der Waals surface area contributed by atoms with Crippen LogP contribution in [0.25, 0.3) is 0 Å². The van der Waals surface area contributed by atoms with Gasteiger partial charge >= 0.3 is 0 Å². The lowest BCUT2D eigenvalue weighted by Crippen LogP contribution is -2.31. The molecule has 0 spiro atoms. The van der Waals surface area contributed by atoms with Gasteiger partial charge in [0.25, 0.3) is 0 Å². The molecule has 8 heteroatoms. The maximum atomic E-state index is 12.3. The van der Waals surface area contributed by atoms with Crippen molar-refractivity contribution in [2.45, 2.75) is 49.9 Å². The lowest BCUT2D eigenvalue weighted by Gasteiger charge is -2.12. The number of benzene rings is 1. The van der Waals surface area contributed by atoms with Gasteiger partial charge in [-0.2, -0.15) is 0 Å². The average Bonchev–Trinajstić information content (AvgIpc) is 3.05. The Hall–Kier alpha value is -2.09. The molecule has 0 aliphatic heterocycles. The molecule has 2 rings (SSSR count). The molecule has 1 amide bonds. The standard InChI is InChI=1S/C16H23N5O2S/c1-4-5-10-21-15(18-19-20-21)11-17-16(22)12(2)24-14-8-6-13(23-3)7-9-14/h6-9,12H,4-5,10-11H2,1-3H3,(H,17,22). The number of nitrogens with zero attached hydrogens (tertiary/aromatic N) is 4. The van der Waals surface area contributed by atoms with Crippen LogP contribution < -0.4 is 10.1 Å². The zero-order chi connectivity index (χ0) is 17.4. The fraction of sp³-hybridized carbons (Fsp3) is 0.500. The molecular formula is C16H23N5O2S. The number of carbonyl (C=O) groups excluding carboxylic acids is 1. The van der Waals surface area contributed by atoms with Crippen molar-refractivity contribution in [1.29, 1.82) is 0 Å². The largest absolute Gasteiger partial charge is 0.497 e. The predicted octanol–water partition coefficient (Wildman–Crippen LogP) is 2.28. The summed E-state index contributed by atoms with van der Waals surface area (Å²) in [5.74, 6) is 1.44. The Labute approximate surface area is 146 Å². The maximum Gasteiger partial charge on any atom is 0.233 e. The number of rotatable bonds is 9. The van der Waals surface area contributed by atoms with Gasteiger partial charge in [0.2, 0.25) is 5.91 Å². The molecule has 1 N–H and O–H groups in total. The Balaban J connectivity index is 1.84. The first-order valence-corrected chi connectivity index (χ1v) is 8.85. The molecule has 7 nitrogen and oxygen atoms in total. The molecule has 0 saturated heterocycles. The maximum absolute atomic E-state index is 12.3. The molecule has 0 fully saturated rings. The first kappa shape index (κ1) is 18.3. The minimum Gasteiger partial charge on any atom is -0.497 e. The van der Waals surface area contributed by atoms with Gasteiger partial charge in [-0.05, 0) is 48.0 Å². The number of ether oxygens (including phenoxy) is 1. The molecule has 1 unspecified atom stereocenters. The highest BCUT2D eigenvalue weighted by atomic mass is 32.2. The van der Waals surface area contributed by atoms with Crippen molar-refractivity contribution in [3.05, 3.63) is 30.1 Å². The van der Waals surface area contributed by atoms with Gasteiger partial charge in [-0.25, -0.2) is 4.68 Å². The molecule has 130 valence electrons. The van der Waals surface area contributed by atoms with E-state index in [2.05, 4.69) is 27.8 Å². The summed E-state index contributed by atoms with van der Waals surface area (Å²) in [4.78, 5) is 13.3. The van der Waals surface area contributed by atoms with E-state index in [1.165, 1.54) is 11.8 Å². The molecule has 1 aromatic carbocycles. The van der Waals surface area contributed by atoms with Gasteiger partial charge in [-0.3, -0.25) is 4.79 Å². The number of aryl methyl sites for hydroxylation is 1. The van der Waals surface area contributed by atoms with E-state index in [0.717, 1.165) is 30.0 Å². The summed E-state index contributed by atoms with van der Waals surface area (Å²) >= 11 is 1.50. The van der Waals surface area contributed by atoms with Crippen LogP contribution in [0.5, 0.6) is 5.75 Å². The summed E-state index contributed by atoms with van der Waals surface area (Å²) in [6.45, 7) is 5.10. The second-order valence-corrected chi connectivity index (χ2v) is 6.74. The summed E-state index contributed by atoms with van der Waals surface area (Å²) < 4.78 is 6.87. The fourth-order valence-corrected chi connectivity index (χ4v) is 2.95. The second-order valence-electron chi connectivity index (χ2n) is 5.33. The topological polar surface area (TPSA) is 81.9 Å². The van der Waals surface area contributed by atoms with Gasteiger partial charge < -0.3 is 10.1 Å². The smallest absolute Gasteiger partial charge is 0.233 e. The van der Waals surface area contributed by atoms with E-state index in [9.17, 15) is 4.79 Å². The third-order valence-electron chi connectivity index (χ3n) is 3.49. The third-order valence-corrected chi connectivity index (χ3v) is 4.60. The minimum absolute atomic E-state index is 0.0409. The number of hydrogen-bond acceptors (Lipinski definition) is 6. The summed E-state index contributed by atoms with van der Waals surface area (Å²) in [5, 5.41) is 14.3. The van der Waals surface area contributed by atoms with Crippen LogP contribution in [0.15, 0.2) is 29.2 Å². The van der Waals surface area contributed by atoms with Gasteiger partial charge in [0, 0.05) is 11.4 Å². The van der Waals surface area contributed by atoms with Crippen LogP contribution in [0, 0.1) is 0 Å². The highest BCUT2D eigenvalue weighted by Gasteiger charge is 2.15. The summed E-state index contributed by atoms with van der Waals surface area (Å²) in [6, 6.07) is 7.65. The SMILES string of the molecule is CCCCn1nnnc1CNC(=O)C(C)Sc1ccc(OC)cc1. The number of methoxy groups -OCH3 is 1. The first-order chi connectivity index (χ1) is 11.6. The van der Waals surface area contributed by atoms with Crippen molar-refractivity contribution in [3.63, 3.8) is 0 Å². The Bertz CT molecular complexity index is 644. The van der Waals surface area contributed by atoms with Crippen LogP contribution in [0.2, 0.25) is 0 Å². The Morgan fingerprint density at radius 3 is 2.79 bits per heavy atom. The molecule has 0 radical (unpaired) electrons. The molecule has 0 saturated carbocycles. The Morgan fingerprint density at radius 2 is 2.12 bits per heavy atom. The van der Waals surface area contributed by atoms with Gasteiger partial charge in [0.1, 0.15) is 5.75 Å². The number of hydrogen-bond donors (Lipinski definition) is 1. The van der Waals surface area contributed by atoms with Gasteiger partial charge in [0.05, 0.1) is 18.9 Å². The highest BCUT2D eigenvalue weighted by Crippen LogP contribution is 2.25. The Kier molecular flexibility index (Phi) is 7.05. The molecule has 1 heterocycles. The number of unbranched alkanes of at least 4 members (excludes halogenated alkanes) is 1. The van der Waals surface area contributed by atoms with Gasteiger partial charge in [-0.15, -0.1) is 16.9 Å². The summed E-state index contributed by atoms with van der Waals surface area (Å²) in [7, 11) is 1.63. The molecule has 2 aromatic rings. The highest BCUT2D eigenvalue weighted by molar-refractivity contribution is 8.00. The third kappa shape index (κ3) is 5.23. The van der Waals surface area contributed by atoms with Crippen molar-refractivity contribution in [2.75, 3.05) is 7.11 Å². The van der Waals surface area contributed by atoms with Crippen LogP contribution in [-0.2, 0) is 17.9 Å². The summed E-state index contributed by atoms with van der Waals surface area (Å²) in [5.41, 5.74) is 0. The number of tetrazole rings is 1. The van der Waals surface area contributed by atoms with E-state index in [1.54, 1.807) is 11.8 Å². The number of nitrogens with one attached hydrogen (secondary N) is 1. The minimum atomic E-state index is -0.210. The first-order valence-electron chi connectivity index (χ1n) is 7.97. The molecular weight excluding hydrogens is 326 g/mol. The molecule has 0 aliphatic carbocycles. The van der Waals surface area contributed by atoms with Crippen molar-refractivity contribution in [3.8, 4) is 5.75 Å². The van der Waals surface area contributed by atoms with Crippen LogP contribution in [0.3, 0.4) is 0 Å². The fourth-order valence-electron chi connectivity index (χ4n) is 2.05. The monoisotopic (exact) mass is 349 g/mol. The number of thioether (sulfide) groups is 1. The molecule has 1 aromatic heterocycles. The normalized spacial score (nSPS) is 12.0.